The van der Waals surface area contributed by atoms with Gasteiger partial charge in [-0.1, -0.05) is 12.2 Å². The average Bonchev–Trinajstić information content (AvgIpc) is 2.16. The maximum Gasteiger partial charge on any atom is 0.288 e. The summed E-state index contributed by atoms with van der Waals surface area (Å²) in [5.74, 6) is 0.195. The number of rotatable bonds is 3. The minimum Gasteiger partial charge on any atom is -0.392 e. The number of hydrogen-bond acceptors (Lipinski definition) is 5. The third-order valence-electron chi connectivity index (χ3n) is 1.55. The Balaban J connectivity index is 3.08. The largest absolute Gasteiger partial charge is 0.392 e. The van der Waals surface area contributed by atoms with Crippen LogP contribution >= 0.6 is 0 Å². The number of nitro groups is 1. The van der Waals surface area contributed by atoms with Gasteiger partial charge in [0.05, 0.1) is 11.5 Å². The summed E-state index contributed by atoms with van der Waals surface area (Å²) in [7, 11) is 0. The normalized spacial score (nSPS) is 10.6. The summed E-state index contributed by atoms with van der Waals surface area (Å²) in [6.45, 7) is -0.151. The molecule has 6 nitrogen and oxygen atoms in total. The van der Waals surface area contributed by atoms with Gasteiger partial charge in [-0.25, -0.2) is 4.98 Å². The van der Waals surface area contributed by atoms with Gasteiger partial charge in [0.15, 0.2) is 0 Å². The van der Waals surface area contributed by atoms with Gasteiger partial charge in [-0.3, -0.25) is 10.1 Å². The van der Waals surface area contributed by atoms with E-state index in [2.05, 4.69) is 4.98 Å². The van der Waals surface area contributed by atoms with Crippen LogP contribution in [0.4, 0.5) is 11.5 Å². The second-order valence-corrected chi connectivity index (χ2v) is 2.51. The predicted octanol–water partition coefficient (Wildman–Crippen LogP) is 0.577. The predicted molar refractivity (Wildman–Crippen MR) is 51.4 cm³/mol. The molecule has 0 atom stereocenters. The number of aliphatic hydroxyl groups excluding tert-OH is 1. The van der Waals surface area contributed by atoms with Crippen LogP contribution in [0.5, 0.6) is 0 Å². The molecular formula is C8H9N3O3. The number of nitrogens with zero attached hydrogens (tertiary/aromatic N) is 2. The average molecular weight is 195 g/mol. The van der Waals surface area contributed by atoms with E-state index in [-0.39, 0.29) is 18.1 Å². The van der Waals surface area contributed by atoms with Crippen LogP contribution in [-0.4, -0.2) is 21.6 Å². The number of aliphatic hydroxyl groups is 1. The quantitative estimate of drug-likeness (QED) is 0.542. The first kappa shape index (κ1) is 10.1. The number of hydrogen-bond donors (Lipinski definition) is 2. The molecule has 0 amide bonds. The third-order valence-corrected chi connectivity index (χ3v) is 1.55. The second-order valence-electron chi connectivity index (χ2n) is 2.51. The summed E-state index contributed by atoms with van der Waals surface area (Å²) in [6, 6.07) is 1.30. The molecule has 1 aromatic rings. The first-order chi connectivity index (χ1) is 6.65. The molecule has 74 valence electrons. The number of aromatic nitrogens is 1. The van der Waals surface area contributed by atoms with Crippen molar-refractivity contribution >= 4 is 17.6 Å². The molecule has 1 rings (SSSR count). The number of pyridine rings is 1. The van der Waals surface area contributed by atoms with Crippen LogP contribution in [0.1, 0.15) is 5.56 Å². The lowest BCUT2D eigenvalue weighted by Gasteiger charge is -1.98. The van der Waals surface area contributed by atoms with Gasteiger partial charge in [0.2, 0.25) is 0 Å². The molecule has 0 saturated heterocycles. The van der Waals surface area contributed by atoms with Crippen molar-refractivity contribution in [1.82, 2.24) is 4.98 Å². The van der Waals surface area contributed by atoms with Crippen molar-refractivity contribution < 1.29 is 10.0 Å². The fourth-order valence-electron chi connectivity index (χ4n) is 0.894. The molecule has 0 fully saturated rings. The van der Waals surface area contributed by atoms with Gasteiger partial charge in [0.1, 0.15) is 12.0 Å². The van der Waals surface area contributed by atoms with Crippen molar-refractivity contribution in [3.8, 4) is 0 Å². The van der Waals surface area contributed by atoms with E-state index < -0.39 is 4.92 Å². The monoisotopic (exact) mass is 195 g/mol. The van der Waals surface area contributed by atoms with E-state index >= 15 is 0 Å². The number of nitrogen functional groups attached to an aromatic ring is 1. The van der Waals surface area contributed by atoms with E-state index in [1.165, 1.54) is 18.2 Å². The maximum atomic E-state index is 10.4. The van der Waals surface area contributed by atoms with Crippen molar-refractivity contribution in [3.63, 3.8) is 0 Å². The Morgan fingerprint density at radius 2 is 2.43 bits per heavy atom. The highest BCUT2D eigenvalue weighted by atomic mass is 16.6. The molecule has 0 aliphatic heterocycles. The zero-order valence-corrected chi connectivity index (χ0v) is 7.25. The molecular weight excluding hydrogens is 186 g/mol. The Morgan fingerprint density at radius 3 is 3.00 bits per heavy atom. The van der Waals surface area contributed by atoms with Crippen LogP contribution in [0.25, 0.3) is 6.08 Å². The lowest BCUT2D eigenvalue weighted by Crippen LogP contribution is -1.96. The Kier molecular flexibility index (Phi) is 3.14. The van der Waals surface area contributed by atoms with Gasteiger partial charge >= 0.3 is 0 Å². The minimum absolute atomic E-state index is 0.128. The molecule has 0 radical (unpaired) electrons. The van der Waals surface area contributed by atoms with Crippen LogP contribution in [-0.2, 0) is 0 Å². The summed E-state index contributed by atoms with van der Waals surface area (Å²) < 4.78 is 0. The Hall–Kier alpha value is -1.95. The first-order valence-corrected chi connectivity index (χ1v) is 3.82. The number of nitrogens with two attached hydrogens (primary N) is 1. The third kappa shape index (κ3) is 2.27. The molecule has 1 aromatic heterocycles. The van der Waals surface area contributed by atoms with Gasteiger partial charge in [0, 0.05) is 11.6 Å². The molecule has 0 unspecified atom stereocenters. The Bertz CT molecular complexity index is 376. The molecule has 0 aliphatic carbocycles. The van der Waals surface area contributed by atoms with Crippen molar-refractivity contribution in [3.05, 3.63) is 34.0 Å². The smallest absolute Gasteiger partial charge is 0.288 e. The van der Waals surface area contributed by atoms with E-state index in [0.29, 0.717) is 5.56 Å². The fraction of sp³-hybridized carbons (Fsp3) is 0.125. The molecule has 0 bridgehead atoms. The van der Waals surface area contributed by atoms with Crippen LogP contribution in [0.15, 0.2) is 18.3 Å². The van der Waals surface area contributed by atoms with Crippen molar-refractivity contribution in [2.24, 2.45) is 0 Å². The zero-order valence-electron chi connectivity index (χ0n) is 7.25. The summed E-state index contributed by atoms with van der Waals surface area (Å²) in [4.78, 5) is 13.5. The molecule has 0 aliphatic rings. The van der Waals surface area contributed by atoms with E-state index in [9.17, 15) is 10.1 Å². The molecule has 14 heavy (non-hydrogen) atoms. The summed E-state index contributed by atoms with van der Waals surface area (Å²) in [5, 5.41) is 18.9. The fourth-order valence-corrected chi connectivity index (χ4v) is 0.894. The Labute approximate surface area is 79.8 Å². The number of anilines is 1. The second kappa shape index (κ2) is 4.33. The van der Waals surface area contributed by atoms with Crippen molar-refractivity contribution in [2.75, 3.05) is 12.3 Å². The van der Waals surface area contributed by atoms with Crippen LogP contribution < -0.4 is 5.73 Å². The van der Waals surface area contributed by atoms with E-state index in [1.807, 2.05) is 0 Å². The molecule has 6 heteroatoms. The van der Waals surface area contributed by atoms with Crippen LogP contribution in [0, 0.1) is 10.1 Å². The van der Waals surface area contributed by atoms with E-state index in [1.54, 1.807) is 0 Å². The van der Waals surface area contributed by atoms with Gasteiger partial charge in [-0.05, 0) is 0 Å². The molecule has 0 spiro atoms. The minimum atomic E-state index is -0.553. The van der Waals surface area contributed by atoms with Crippen molar-refractivity contribution in [1.29, 1.82) is 0 Å². The van der Waals surface area contributed by atoms with Gasteiger partial charge in [0.25, 0.3) is 5.69 Å². The Morgan fingerprint density at radius 1 is 1.71 bits per heavy atom. The summed E-state index contributed by atoms with van der Waals surface area (Å²) >= 11 is 0. The molecule has 1 heterocycles. The zero-order chi connectivity index (χ0) is 10.6. The molecule has 0 saturated carbocycles. The lowest BCUT2D eigenvalue weighted by molar-refractivity contribution is -0.385. The van der Waals surface area contributed by atoms with E-state index in [4.69, 9.17) is 10.8 Å². The molecule has 3 N–H and O–H groups in total. The van der Waals surface area contributed by atoms with E-state index in [0.717, 1.165) is 6.20 Å². The molecule has 0 aromatic carbocycles. The summed E-state index contributed by atoms with van der Waals surface area (Å²) in [5.41, 5.74) is 5.76. The van der Waals surface area contributed by atoms with Crippen LogP contribution in [0.3, 0.4) is 0 Å². The standard InChI is InChI=1S/C8H9N3O3/c9-8-6(2-1-3-12)4-7(5-10-8)11(13)14/h1-2,4-5,12H,3H2,(H2,9,10). The lowest BCUT2D eigenvalue weighted by atomic mass is 10.2. The first-order valence-electron chi connectivity index (χ1n) is 3.82. The van der Waals surface area contributed by atoms with Gasteiger partial charge in [-0.15, -0.1) is 0 Å². The highest BCUT2D eigenvalue weighted by molar-refractivity contribution is 5.63. The highest BCUT2D eigenvalue weighted by Crippen LogP contribution is 2.17. The SMILES string of the molecule is Nc1ncc([N+](=O)[O-])cc1C=CCO. The van der Waals surface area contributed by atoms with Crippen molar-refractivity contribution in [2.45, 2.75) is 0 Å². The highest BCUT2D eigenvalue weighted by Gasteiger charge is 2.07. The maximum absolute atomic E-state index is 10.4. The van der Waals surface area contributed by atoms with Crippen LogP contribution in [0.2, 0.25) is 0 Å². The van der Waals surface area contributed by atoms with Gasteiger partial charge in [-0.2, -0.15) is 0 Å². The van der Waals surface area contributed by atoms with Gasteiger partial charge < -0.3 is 10.8 Å². The topological polar surface area (TPSA) is 102 Å². The summed E-state index contributed by atoms with van der Waals surface area (Å²) in [6.07, 6.45) is 4.00.